The summed E-state index contributed by atoms with van der Waals surface area (Å²) in [7, 11) is 0. The summed E-state index contributed by atoms with van der Waals surface area (Å²) in [6.45, 7) is 9.52. The van der Waals surface area contributed by atoms with E-state index in [0.29, 0.717) is 18.0 Å². The molecule has 0 saturated carbocycles. The fraction of sp³-hybridized carbons (Fsp3) is 0.750. The summed E-state index contributed by atoms with van der Waals surface area (Å²) in [5, 5.41) is 4.56. The van der Waals surface area contributed by atoms with Crippen molar-refractivity contribution in [1.29, 1.82) is 0 Å². The Kier molecular flexibility index (Phi) is 3.30. The van der Waals surface area contributed by atoms with Crippen LogP contribution in [0.1, 0.15) is 32.5 Å². The molecule has 16 heavy (non-hydrogen) atoms. The zero-order chi connectivity index (χ0) is 11.7. The Morgan fingerprint density at radius 2 is 2.25 bits per heavy atom. The summed E-state index contributed by atoms with van der Waals surface area (Å²) >= 11 is 0. The fourth-order valence-corrected chi connectivity index (χ4v) is 2.20. The molecule has 1 aromatic rings. The number of rotatable bonds is 3. The number of aromatic nitrogens is 2. The standard InChI is InChI=1S/C12H22N4/c1-9(2)16-5-4-11(14-16)7-15-6-10(3)12(13)8-15/h4-5,9-10,12H,6-8,13H2,1-3H3. The van der Waals surface area contributed by atoms with Crippen LogP contribution in [-0.4, -0.2) is 33.8 Å². The Hall–Kier alpha value is -0.870. The normalized spacial score (nSPS) is 26.8. The minimum absolute atomic E-state index is 0.326. The van der Waals surface area contributed by atoms with E-state index < -0.39 is 0 Å². The highest BCUT2D eigenvalue weighted by molar-refractivity contribution is 5.01. The molecule has 0 bridgehead atoms. The summed E-state index contributed by atoms with van der Waals surface area (Å²) < 4.78 is 2.01. The molecule has 4 heteroatoms. The van der Waals surface area contributed by atoms with E-state index in [1.165, 1.54) is 0 Å². The molecule has 2 rings (SSSR count). The van der Waals surface area contributed by atoms with Crippen molar-refractivity contribution >= 4 is 0 Å². The zero-order valence-electron chi connectivity index (χ0n) is 10.4. The van der Waals surface area contributed by atoms with Gasteiger partial charge in [-0.1, -0.05) is 6.92 Å². The van der Waals surface area contributed by atoms with E-state index in [4.69, 9.17) is 5.73 Å². The van der Waals surface area contributed by atoms with Gasteiger partial charge < -0.3 is 5.73 Å². The molecule has 0 spiro atoms. The van der Waals surface area contributed by atoms with Gasteiger partial charge >= 0.3 is 0 Å². The van der Waals surface area contributed by atoms with Crippen LogP contribution < -0.4 is 5.73 Å². The third kappa shape index (κ3) is 2.44. The highest BCUT2D eigenvalue weighted by Crippen LogP contribution is 2.16. The van der Waals surface area contributed by atoms with Gasteiger partial charge in [0.05, 0.1) is 5.69 Å². The van der Waals surface area contributed by atoms with Gasteiger partial charge in [-0.25, -0.2) is 0 Å². The van der Waals surface area contributed by atoms with Crippen molar-refractivity contribution in [2.75, 3.05) is 13.1 Å². The molecule has 1 aliphatic rings. The van der Waals surface area contributed by atoms with E-state index >= 15 is 0 Å². The Labute approximate surface area is 97.4 Å². The van der Waals surface area contributed by atoms with Crippen LogP contribution in [-0.2, 0) is 6.54 Å². The van der Waals surface area contributed by atoms with E-state index in [-0.39, 0.29) is 0 Å². The van der Waals surface area contributed by atoms with Crippen LogP contribution in [0.3, 0.4) is 0 Å². The van der Waals surface area contributed by atoms with Crippen LogP contribution in [0.2, 0.25) is 0 Å². The molecule has 2 unspecified atom stereocenters. The number of hydrogen-bond donors (Lipinski definition) is 1. The maximum Gasteiger partial charge on any atom is 0.0764 e. The van der Waals surface area contributed by atoms with Crippen LogP contribution >= 0.6 is 0 Å². The molecule has 0 aromatic carbocycles. The average molecular weight is 222 g/mol. The maximum absolute atomic E-state index is 6.01. The predicted molar refractivity (Wildman–Crippen MR) is 65.0 cm³/mol. The van der Waals surface area contributed by atoms with Crippen molar-refractivity contribution < 1.29 is 0 Å². The van der Waals surface area contributed by atoms with E-state index in [1.807, 2.05) is 4.68 Å². The first-order valence-electron chi connectivity index (χ1n) is 6.08. The molecule has 1 aliphatic heterocycles. The molecule has 1 aromatic heterocycles. The van der Waals surface area contributed by atoms with Crippen LogP contribution in [0, 0.1) is 5.92 Å². The van der Waals surface area contributed by atoms with Gasteiger partial charge in [0.2, 0.25) is 0 Å². The summed E-state index contributed by atoms with van der Waals surface area (Å²) in [6, 6.07) is 2.87. The maximum atomic E-state index is 6.01. The van der Waals surface area contributed by atoms with Gasteiger partial charge in [-0.2, -0.15) is 5.10 Å². The third-order valence-corrected chi connectivity index (χ3v) is 3.32. The van der Waals surface area contributed by atoms with Crippen LogP contribution in [0.5, 0.6) is 0 Å². The van der Waals surface area contributed by atoms with Crippen molar-refractivity contribution in [3.63, 3.8) is 0 Å². The van der Waals surface area contributed by atoms with E-state index in [2.05, 4.69) is 43.0 Å². The first kappa shape index (κ1) is 11.6. The molecule has 2 heterocycles. The van der Waals surface area contributed by atoms with Gasteiger partial charge in [-0.05, 0) is 25.8 Å². The largest absolute Gasteiger partial charge is 0.326 e. The number of likely N-dealkylation sites (tertiary alicyclic amines) is 1. The smallest absolute Gasteiger partial charge is 0.0764 e. The van der Waals surface area contributed by atoms with Gasteiger partial charge in [0.1, 0.15) is 0 Å². The molecule has 1 saturated heterocycles. The third-order valence-electron chi connectivity index (χ3n) is 3.32. The lowest BCUT2D eigenvalue weighted by molar-refractivity contribution is 0.312. The van der Waals surface area contributed by atoms with Gasteiger partial charge in [-0.15, -0.1) is 0 Å². The second-order valence-corrected chi connectivity index (χ2v) is 5.22. The Bertz CT molecular complexity index is 335. The minimum atomic E-state index is 0.326. The van der Waals surface area contributed by atoms with Crippen molar-refractivity contribution in [3.05, 3.63) is 18.0 Å². The first-order chi connectivity index (χ1) is 7.56. The SMILES string of the molecule is CC1CN(Cc2ccn(C(C)C)n2)CC1N. The highest BCUT2D eigenvalue weighted by atomic mass is 15.3. The lowest BCUT2D eigenvalue weighted by Crippen LogP contribution is -2.28. The number of nitrogens with two attached hydrogens (primary N) is 1. The summed E-state index contributed by atoms with van der Waals surface area (Å²) in [5.41, 5.74) is 7.16. The van der Waals surface area contributed by atoms with Gasteiger partial charge in [0.15, 0.2) is 0 Å². The van der Waals surface area contributed by atoms with Crippen molar-refractivity contribution in [2.45, 2.75) is 39.4 Å². The molecule has 0 radical (unpaired) electrons. The zero-order valence-corrected chi connectivity index (χ0v) is 10.4. The van der Waals surface area contributed by atoms with E-state index in [9.17, 15) is 0 Å². The fourth-order valence-electron chi connectivity index (χ4n) is 2.20. The molecule has 4 nitrogen and oxygen atoms in total. The second-order valence-electron chi connectivity index (χ2n) is 5.22. The second kappa shape index (κ2) is 4.55. The molecule has 2 atom stereocenters. The van der Waals surface area contributed by atoms with Gasteiger partial charge in [-0.3, -0.25) is 9.58 Å². The minimum Gasteiger partial charge on any atom is -0.326 e. The lowest BCUT2D eigenvalue weighted by Gasteiger charge is -2.13. The van der Waals surface area contributed by atoms with E-state index in [1.54, 1.807) is 0 Å². The molecule has 90 valence electrons. The molecule has 2 N–H and O–H groups in total. The average Bonchev–Trinajstić information content (AvgIpc) is 2.76. The Balaban J connectivity index is 1.94. The van der Waals surface area contributed by atoms with Crippen molar-refractivity contribution in [1.82, 2.24) is 14.7 Å². The predicted octanol–water partition coefficient (Wildman–Crippen LogP) is 1.24. The van der Waals surface area contributed by atoms with Crippen LogP contribution in [0.25, 0.3) is 0 Å². The molecular formula is C12H22N4. The molecule has 0 amide bonds. The lowest BCUT2D eigenvalue weighted by atomic mass is 10.1. The Morgan fingerprint density at radius 1 is 1.50 bits per heavy atom. The number of nitrogens with zero attached hydrogens (tertiary/aromatic N) is 3. The van der Waals surface area contributed by atoms with Crippen molar-refractivity contribution in [2.24, 2.45) is 11.7 Å². The Morgan fingerprint density at radius 3 is 2.75 bits per heavy atom. The topological polar surface area (TPSA) is 47.1 Å². The van der Waals surface area contributed by atoms with Crippen LogP contribution in [0.4, 0.5) is 0 Å². The van der Waals surface area contributed by atoms with Crippen LogP contribution in [0.15, 0.2) is 12.3 Å². The van der Waals surface area contributed by atoms with Crippen molar-refractivity contribution in [3.8, 4) is 0 Å². The summed E-state index contributed by atoms with van der Waals surface area (Å²) in [5.74, 6) is 0.604. The molecular weight excluding hydrogens is 200 g/mol. The summed E-state index contributed by atoms with van der Waals surface area (Å²) in [4.78, 5) is 2.39. The molecule has 0 aliphatic carbocycles. The van der Waals surface area contributed by atoms with Gasteiger partial charge in [0.25, 0.3) is 0 Å². The van der Waals surface area contributed by atoms with E-state index in [0.717, 1.165) is 25.3 Å². The quantitative estimate of drug-likeness (QED) is 0.837. The van der Waals surface area contributed by atoms with Gasteiger partial charge in [0, 0.05) is 37.9 Å². The molecule has 1 fully saturated rings. The first-order valence-corrected chi connectivity index (χ1v) is 6.08. The summed E-state index contributed by atoms with van der Waals surface area (Å²) in [6.07, 6.45) is 2.05. The monoisotopic (exact) mass is 222 g/mol. The number of hydrogen-bond acceptors (Lipinski definition) is 3. The highest BCUT2D eigenvalue weighted by Gasteiger charge is 2.26.